The SMILES string of the molecule is CSC(C)c1nc(-c2cccc(CN3CCOCC3)c2)no1. The minimum Gasteiger partial charge on any atom is -0.379 e. The van der Waals surface area contributed by atoms with Crippen LogP contribution >= 0.6 is 11.8 Å². The molecule has 0 amide bonds. The predicted octanol–water partition coefficient (Wildman–Crippen LogP) is 2.99. The minimum absolute atomic E-state index is 0.220. The average molecular weight is 319 g/mol. The monoisotopic (exact) mass is 319 g/mol. The Morgan fingerprint density at radius 3 is 2.91 bits per heavy atom. The lowest BCUT2D eigenvalue weighted by Crippen LogP contribution is -2.35. The van der Waals surface area contributed by atoms with Crippen LogP contribution in [0.15, 0.2) is 28.8 Å². The van der Waals surface area contributed by atoms with Gasteiger partial charge in [0.25, 0.3) is 0 Å². The van der Waals surface area contributed by atoms with E-state index in [0.29, 0.717) is 11.7 Å². The van der Waals surface area contributed by atoms with Crippen LogP contribution in [-0.2, 0) is 11.3 Å². The zero-order valence-electron chi connectivity index (χ0n) is 13.0. The number of benzene rings is 1. The van der Waals surface area contributed by atoms with Crippen molar-refractivity contribution in [3.8, 4) is 11.4 Å². The van der Waals surface area contributed by atoms with Crippen molar-refractivity contribution in [2.24, 2.45) is 0 Å². The first-order valence-electron chi connectivity index (χ1n) is 7.52. The Kier molecular flexibility index (Phi) is 5.12. The van der Waals surface area contributed by atoms with Crippen molar-refractivity contribution in [2.45, 2.75) is 18.7 Å². The van der Waals surface area contributed by atoms with Gasteiger partial charge >= 0.3 is 0 Å². The van der Waals surface area contributed by atoms with Crippen LogP contribution in [0.25, 0.3) is 11.4 Å². The molecule has 0 spiro atoms. The quantitative estimate of drug-likeness (QED) is 0.844. The van der Waals surface area contributed by atoms with E-state index in [1.54, 1.807) is 11.8 Å². The fraction of sp³-hybridized carbons (Fsp3) is 0.500. The van der Waals surface area contributed by atoms with E-state index in [1.165, 1.54) is 5.56 Å². The van der Waals surface area contributed by atoms with Crippen LogP contribution in [0, 0.1) is 0 Å². The van der Waals surface area contributed by atoms with Crippen molar-refractivity contribution in [3.63, 3.8) is 0 Å². The average Bonchev–Trinajstić information content (AvgIpc) is 3.05. The van der Waals surface area contributed by atoms with Gasteiger partial charge in [0, 0.05) is 25.2 Å². The third kappa shape index (κ3) is 3.69. The molecule has 1 unspecified atom stereocenters. The second-order valence-electron chi connectivity index (χ2n) is 5.42. The van der Waals surface area contributed by atoms with Crippen LogP contribution in [0.5, 0.6) is 0 Å². The Bertz CT molecular complexity index is 611. The molecule has 0 radical (unpaired) electrons. The van der Waals surface area contributed by atoms with Crippen molar-refractivity contribution in [1.82, 2.24) is 15.0 Å². The third-order valence-electron chi connectivity index (χ3n) is 3.84. The fourth-order valence-corrected chi connectivity index (χ4v) is 2.74. The summed E-state index contributed by atoms with van der Waals surface area (Å²) in [6.45, 7) is 6.62. The molecule has 1 saturated heterocycles. The maximum absolute atomic E-state index is 5.39. The van der Waals surface area contributed by atoms with Crippen molar-refractivity contribution in [1.29, 1.82) is 0 Å². The lowest BCUT2D eigenvalue weighted by molar-refractivity contribution is 0.0342. The van der Waals surface area contributed by atoms with E-state index in [9.17, 15) is 0 Å². The summed E-state index contributed by atoms with van der Waals surface area (Å²) < 4.78 is 10.7. The molecule has 1 fully saturated rings. The van der Waals surface area contributed by atoms with Crippen LogP contribution in [0.4, 0.5) is 0 Å². The third-order valence-corrected chi connectivity index (χ3v) is 4.75. The van der Waals surface area contributed by atoms with E-state index in [-0.39, 0.29) is 5.25 Å². The van der Waals surface area contributed by atoms with E-state index < -0.39 is 0 Å². The van der Waals surface area contributed by atoms with Gasteiger partial charge in [-0.1, -0.05) is 23.4 Å². The molecule has 1 aliphatic rings. The standard InChI is InChI=1S/C16H21N3O2S/c1-12(22-2)16-17-15(18-21-16)14-5-3-4-13(10-14)11-19-6-8-20-9-7-19/h3-5,10,12H,6-9,11H2,1-2H3. The number of hydrogen-bond donors (Lipinski definition) is 0. The molecule has 0 saturated carbocycles. The van der Waals surface area contributed by atoms with Gasteiger partial charge in [0.1, 0.15) is 0 Å². The molecule has 1 aromatic heterocycles. The number of thioether (sulfide) groups is 1. The van der Waals surface area contributed by atoms with Crippen LogP contribution < -0.4 is 0 Å². The molecular formula is C16H21N3O2S. The van der Waals surface area contributed by atoms with E-state index in [1.807, 2.05) is 12.3 Å². The molecule has 118 valence electrons. The molecule has 0 N–H and O–H groups in total. The number of rotatable bonds is 5. The smallest absolute Gasteiger partial charge is 0.239 e. The van der Waals surface area contributed by atoms with E-state index >= 15 is 0 Å². The Labute approximate surface area is 135 Å². The van der Waals surface area contributed by atoms with Crippen LogP contribution in [-0.4, -0.2) is 47.6 Å². The lowest BCUT2D eigenvalue weighted by atomic mass is 10.1. The summed E-state index contributed by atoms with van der Waals surface area (Å²) in [6.07, 6.45) is 2.04. The Morgan fingerprint density at radius 1 is 1.32 bits per heavy atom. The number of nitrogens with zero attached hydrogens (tertiary/aromatic N) is 3. The predicted molar refractivity (Wildman–Crippen MR) is 87.8 cm³/mol. The van der Waals surface area contributed by atoms with Gasteiger partial charge in [-0.15, -0.1) is 0 Å². The molecule has 22 heavy (non-hydrogen) atoms. The van der Waals surface area contributed by atoms with Crippen LogP contribution in [0.1, 0.15) is 23.6 Å². The lowest BCUT2D eigenvalue weighted by Gasteiger charge is -2.26. The highest BCUT2D eigenvalue weighted by Crippen LogP contribution is 2.26. The van der Waals surface area contributed by atoms with Crippen LogP contribution in [0.3, 0.4) is 0 Å². The summed E-state index contributed by atoms with van der Waals surface area (Å²) in [6, 6.07) is 8.37. The molecule has 5 nitrogen and oxygen atoms in total. The van der Waals surface area contributed by atoms with E-state index in [2.05, 4.69) is 40.2 Å². The first kappa shape index (κ1) is 15.5. The van der Waals surface area contributed by atoms with Crippen LogP contribution in [0.2, 0.25) is 0 Å². The van der Waals surface area contributed by atoms with Gasteiger partial charge in [0.2, 0.25) is 11.7 Å². The summed E-state index contributed by atoms with van der Waals surface area (Å²) >= 11 is 1.70. The molecular weight excluding hydrogens is 298 g/mol. The van der Waals surface area contributed by atoms with Gasteiger partial charge in [-0.3, -0.25) is 4.90 Å². The first-order valence-corrected chi connectivity index (χ1v) is 8.81. The highest BCUT2D eigenvalue weighted by molar-refractivity contribution is 7.98. The zero-order chi connectivity index (χ0) is 15.4. The van der Waals surface area contributed by atoms with Gasteiger partial charge in [0.05, 0.1) is 18.5 Å². The van der Waals surface area contributed by atoms with Crippen molar-refractivity contribution in [2.75, 3.05) is 32.6 Å². The van der Waals surface area contributed by atoms with Crippen molar-refractivity contribution in [3.05, 3.63) is 35.7 Å². The Balaban J connectivity index is 1.74. The number of hydrogen-bond acceptors (Lipinski definition) is 6. The topological polar surface area (TPSA) is 51.4 Å². The minimum atomic E-state index is 0.220. The highest BCUT2D eigenvalue weighted by atomic mass is 32.2. The van der Waals surface area contributed by atoms with Crippen molar-refractivity contribution < 1.29 is 9.26 Å². The first-order chi connectivity index (χ1) is 10.8. The van der Waals surface area contributed by atoms with Gasteiger partial charge < -0.3 is 9.26 Å². The van der Waals surface area contributed by atoms with Gasteiger partial charge in [-0.05, 0) is 24.8 Å². The second-order valence-corrected chi connectivity index (χ2v) is 6.60. The van der Waals surface area contributed by atoms with Gasteiger partial charge in [-0.2, -0.15) is 16.7 Å². The summed E-state index contributed by atoms with van der Waals surface area (Å²) in [7, 11) is 0. The summed E-state index contributed by atoms with van der Waals surface area (Å²) in [4.78, 5) is 6.91. The summed E-state index contributed by atoms with van der Waals surface area (Å²) in [5.41, 5.74) is 2.28. The van der Waals surface area contributed by atoms with E-state index in [0.717, 1.165) is 38.4 Å². The molecule has 1 aliphatic heterocycles. The maximum atomic E-state index is 5.39. The van der Waals surface area contributed by atoms with Crippen molar-refractivity contribution >= 4 is 11.8 Å². The summed E-state index contributed by atoms with van der Waals surface area (Å²) in [5.74, 6) is 1.35. The number of aromatic nitrogens is 2. The molecule has 2 heterocycles. The normalized spacial score (nSPS) is 17.5. The zero-order valence-corrected chi connectivity index (χ0v) is 13.8. The molecule has 3 rings (SSSR count). The summed E-state index contributed by atoms with van der Waals surface area (Å²) in [5, 5.41) is 4.33. The second kappa shape index (κ2) is 7.26. The molecule has 2 aromatic rings. The maximum Gasteiger partial charge on any atom is 0.239 e. The number of ether oxygens (including phenoxy) is 1. The Hall–Kier alpha value is -1.37. The fourth-order valence-electron chi connectivity index (χ4n) is 2.44. The Morgan fingerprint density at radius 2 is 2.14 bits per heavy atom. The molecule has 1 atom stereocenters. The molecule has 6 heteroatoms. The van der Waals surface area contributed by atoms with E-state index in [4.69, 9.17) is 9.26 Å². The number of morpholine rings is 1. The van der Waals surface area contributed by atoms with Gasteiger partial charge in [-0.25, -0.2) is 0 Å². The molecule has 1 aromatic carbocycles. The largest absolute Gasteiger partial charge is 0.379 e. The highest BCUT2D eigenvalue weighted by Gasteiger charge is 2.15. The molecule has 0 aliphatic carbocycles. The van der Waals surface area contributed by atoms with Gasteiger partial charge in [0.15, 0.2) is 0 Å². The molecule has 0 bridgehead atoms.